The van der Waals surface area contributed by atoms with Crippen LogP contribution in [0.3, 0.4) is 0 Å². The number of nitrogens with one attached hydrogen (secondary N) is 1. The van der Waals surface area contributed by atoms with Gasteiger partial charge in [0.05, 0.1) is 21.3 Å². The topological polar surface area (TPSA) is 49.0 Å². The van der Waals surface area contributed by atoms with Crippen LogP contribution in [0.1, 0.15) is 5.56 Å². The molecule has 0 atom stereocenters. The van der Waals surface area contributed by atoms with E-state index in [-0.39, 0.29) is 0 Å². The van der Waals surface area contributed by atoms with Crippen LogP contribution < -0.4 is 24.3 Å². The number of benzene rings is 2. The molecule has 3 rings (SSSR count). The number of hydrogen-bond donors (Lipinski definition) is 1. The number of hydrogen-bond acceptors (Lipinski definition) is 5. The van der Waals surface area contributed by atoms with Gasteiger partial charge in [-0.1, -0.05) is 0 Å². The fourth-order valence-electron chi connectivity index (χ4n) is 2.28. The minimum absolute atomic E-state index is 0.575. The maximum absolute atomic E-state index is 5.37. The second-order valence-corrected chi connectivity index (χ2v) is 4.65. The van der Waals surface area contributed by atoms with Gasteiger partial charge in [-0.25, -0.2) is 0 Å². The van der Waals surface area contributed by atoms with E-state index in [1.807, 2.05) is 24.3 Å². The van der Waals surface area contributed by atoms with Crippen molar-refractivity contribution in [2.45, 2.75) is 6.61 Å². The molecule has 0 radical (unpaired) electrons. The Hall–Kier alpha value is -2.56. The van der Waals surface area contributed by atoms with Gasteiger partial charge in [0.1, 0.15) is 12.4 Å². The largest absolute Gasteiger partial charge is 0.493 e. The van der Waals surface area contributed by atoms with Crippen molar-refractivity contribution in [3.63, 3.8) is 0 Å². The summed E-state index contributed by atoms with van der Waals surface area (Å²) < 4.78 is 21.4. The summed E-state index contributed by atoms with van der Waals surface area (Å²) in [7, 11) is 4.78. The smallest absolute Gasteiger partial charge is 0.203 e. The molecule has 1 aliphatic heterocycles. The minimum Gasteiger partial charge on any atom is -0.493 e. The number of anilines is 2. The fraction of sp³-hybridized carbons (Fsp3) is 0.250. The summed E-state index contributed by atoms with van der Waals surface area (Å²) in [5, 5.41) is 3.31. The Labute approximate surface area is 123 Å². The molecule has 0 aliphatic carbocycles. The van der Waals surface area contributed by atoms with Crippen LogP contribution in [0.25, 0.3) is 0 Å². The van der Waals surface area contributed by atoms with E-state index in [0.29, 0.717) is 23.9 Å². The fourth-order valence-corrected chi connectivity index (χ4v) is 2.28. The quantitative estimate of drug-likeness (QED) is 0.914. The average molecular weight is 287 g/mol. The van der Waals surface area contributed by atoms with Gasteiger partial charge in [0.25, 0.3) is 0 Å². The van der Waals surface area contributed by atoms with Crippen LogP contribution >= 0.6 is 0 Å². The van der Waals surface area contributed by atoms with Crippen LogP contribution in [-0.2, 0) is 6.61 Å². The van der Waals surface area contributed by atoms with Crippen molar-refractivity contribution in [1.29, 1.82) is 0 Å². The Morgan fingerprint density at radius 1 is 0.905 bits per heavy atom. The van der Waals surface area contributed by atoms with Gasteiger partial charge in [-0.3, -0.25) is 0 Å². The zero-order valence-electron chi connectivity index (χ0n) is 12.2. The lowest BCUT2D eigenvalue weighted by Gasteiger charge is -2.21. The first-order valence-electron chi connectivity index (χ1n) is 6.58. The third kappa shape index (κ3) is 2.42. The molecule has 5 heteroatoms. The number of methoxy groups -OCH3 is 3. The van der Waals surface area contributed by atoms with Crippen LogP contribution in [-0.4, -0.2) is 21.3 Å². The molecular weight excluding hydrogens is 270 g/mol. The molecule has 0 amide bonds. The summed E-state index contributed by atoms with van der Waals surface area (Å²) in [6.45, 7) is 0.694. The molecule has 0 saturated carbocycles. The Morgan fingerprint density at radius 2 is 1.62 bits per heavy atom. The Bertz CT molecular complexity index is 644. The van der Waals surface area contributed by atoms with Crippen LogP contribution in [0.4, 0.5) is 11.4 Å². The molecule has 0 fully saturated rings. The zero-order chi connectivity index (χ0) is 14.8. The van der Waals surface area contributed by atoms with E-state index in [1.165, 1.54) is 5.56 Å². The maximum Gasteiger partial charge on any atom is 0.203 e. The summed E-state index contributed by atoms with van der Waals surface area (Å²) in [6.07, 6.45) is 0. The SMILES string of the molecule is COc1cc(Nc2ccc3c(c2)OC3)cc(OC)c1OC. The maximum atomic E-state index is 5.37. The highest BCUT2D eigenvalue weighted by Crippen LogP contribution is 2.41. The molecule has 0 aromatic heterocycles. The van der Waals surface area contributed by atoms with Gasteiger partial charge in [0.2, 0.25) is 5.75 Å². The van der Waals surface area contributed by atoms with E-state index in [1.54, 1.807) is 21.3 Å². The zero-order valence-corrected chi connectivity index (χ0v) is 12.2. The highest BCUT2D eigenvalue weighted by molar-refractivity contribution is 5.69. The van der Waals surface area contributed by atoms with E-state index in [4.69, 9.17) is 18.9 Å². The lowest BCUT2D eigenvalue weighted by atomic mass is 10.1. The monoisotopic (exact) mass is 287 g/mol. The Morgan fingerprint density at radius 3 is 2.10 bits per heavy atom. The van der Waals surface area contributed by atoms with Crippen molar-refractivity contribution in [2.24, 2.45) is 0 Å². The first kappa shape index (κ1) is 13.4. The first-order chi connectivity index (χ1) is 10.2. The summed E-state index contributed by atoms with van der Waals surface area (Å²) in [5.41, 5.74) is 3.02. The third-order valence-electron chi connectivity index (χ3n) is 3.40. The number of rotatable bonds is 5. The molecule has 1 aliphatic rings. The average Bonchev–Trinajstić information content (AvgIpc) is 2.49. The minimum atomic E-state index is 0.575. The summed E-state index contributed by atoms with van der Waals surface area (Å²) in [4.78, 5) is 0. The Kier molecular flexibility index (Phi) is 3.48. The number of fused-ring (bicyclic) bond motifs is 1. The summed E-state index contributed by atoms with van der Waals surface area (Å²) in [5.74, 6) is 2.72. The normalized spacial score (nSPS) is 11.8. The van der Waals surface area contributed by atoms with E-state index in [2.05, 4.69) is 11.4 Å². The van der Waals surface area contributed by atoms with Gasteiger partial charge >= 0.3 is 0 Å². The predicted molar refractivity (Wildman–Crippen MR) is 80.2 cm³/mol. The van der Waals surface area contributed by atoms with Gasteiger partial charge in [-0.15, -0.1) is 0 Å². The van der Waals surface area contributed by atoms with Crippen molar-refractivity contribution in [3.05, 3.63) is 35.9 Å². The second-order valence-electron chi connectivity index (χ2n) is 4.65. The van der Waals surface area contributed by atoms with Crippen LogP contribution in [0.15, 0.2) is 30.3 Å². The molecule has 110 valence electrons. The van der Waals surface area contributed by atoms with Crippen molar-refractivity contribution in [2.75, 3.05) is 26.6 Å². The van der Waals surface area contributed by atoms with Crippen LogP contribution in [0.5, 0.6) is 23.0 Å². The van der Waals surface area contributed by atoms with Crippen molar-refractivity contribution in [1.82, 2.24) is 0 Å². The molecule has 1 N–H and O–H groups in total. The van der Waals surface area contributed by atoms with Gasteiger partial charge in [-0.2, -0.15) is 0 Å². The van der Waals surface area contributed by atoms with Crippen LogP contribution in [0.2, 0.25) is 0 Å². The molecule has 0 saturated heterocycles. The van der Waals surface area contributed by atoms with E-state index in [0.717, 1.165) is 17.1 Å². The van der Waals surface area contributed by atoms with E-state index < -0.39 is 0 Å². The van der Waals surface area contributed by atoms with Crippen molar-refractivity contribution >= 4 is 11.4 Å². The van der Waals surface area contributed by atoms with Gasteiger partial charge in [0.15, 0.2) is 11.5 Å². The van der Waals surface area contributed by atoms with Gasteiger partial charge in [-0.05, 0) is 12.1 Å². The van der Waals surface area contributed by atoms with Crippen molar-refractivity contribution in [3.8, 4) is 23.0 Å². The van der Waals surface area contributed by atoms with E-state index in [9.17, 15) is 0 Å². The molecule has 0 bridgehead atoms. The molecule has 21 heavy (non-hydrogen) atoms. The third-order valence-corrected chi connectivity index (χ3v) is 3.40. The molecule has 0 unspecified atom stereocenters. The lowest BCUT2D eigenvalue weighted by molar-refractivity contribution is 0.243. The molecule has 2 aromatic carbocycles. The van der Waals surface area contributed by atoms with Gasteiger partial charge < -0.3 is 24.3 Å². The van der Waals surface area contributed by atoms with E-state index >= 15 is 0 Å². The summed E-state index contributed by atoms with van der Waals surface area (Å²) in [6, 6.07) is 9.77. The first-order valence-corrected chi connectivity index (χ1v) is 6.58. The molecule has 1 heterocycles. The molecule has 0 spiro atoms. The molecule has 2 aromatic rings. The highest BCUT2D eigenvalue weighted by Gasteiger charge is 2.16. The van der Waals surface area contributed by atoms with Crippen molar-refractivity contribution < 1.29 is 18.9 Å². The molecular formula is C16H17NO4. The highest BCUT2D eigenvalue weighted by atomic mass is 16.5. The summed E-state index contributed by atoms with van der Waals surface area (Å²) >= 11 is 0. The number of ether oxygens (including phenoxy) is 4. The van der Waals surface area contributed by atoms with Crippen LogP contribution in [0, 0.1) is 0 Å². The van der Waals surface area contributed by atoms with Gasteiger partial charge in [0, 0.05) is 35.1 Å². The second kappa shape index (κ2) is 5.44. The standard InChI is InChI=1S/C16H17NO4/c1-18-14-7-12(8-15(19-2)16(14)20-3)17-11-5-4-10-9-21-13(10)6-11/h4-8,17H,9H2,1-3H3. The predicted octanol–water partition coefficient (Wildman–Crippen LogP) is 3.35. The lowest BCUT2D eigenvalue weighted by Crippen LogP contribution is -2.09. The molecule has 5 nitrogen and oxygen atoms in total. The Balaban J connectivity index is 1.92.